The van der Waals surface area contributed by atoms with Crippen LogP contribution in [0.4, 0.5) is 0 Å². The highest BCUT2D eigenvalue weighted by Gasteiger charge is 2.15. The molecule has 0 aromatic heterocycles. The normalized spacial score (nSPS) is 10.4. The molecule has 0 saturated heterocycles. The van der Waals surface area contributed by atoms with Crippen LogP contribution in [0.2, 0.25) is 10.0 Å². The molecule has 0 spiro atoms. The molecule has 5 heteroatoms. The van der Waals surface area contributed by atoms with Crippen molar-refractivity contribution in [2.75, 3.05) is 7.05 Å². The van der Waals surface area contributed by atoms with E-state index in [0.29, 0.717) is 22.2 Å². The fourth-order valence-electron chi connectivity index (χ4n) is 1.80. The average molecular weight is 373 g/mol. The Labute approximate surface area is 136 Å². The first-order valence-electron chi connectivity index (χ1n) is 5.92. The SMILES string of the molecule is CN(Cc1ccc(Br)cc1)C(=O)c1ccc(Cl)cc1Cl. The van der Waals surface area contributed by atoms with Crippen LogP contribution in [0.5, 0.6) is 0 Å². The number of carbonyl (C=O) groups excluding carboxylic acids is 1. The molecule has 0 heterocycles. The first-order valence-corrected chi connectivity index (χ1v) is 7.47. The number of halogens is 3. The first kappa shape index (κ1) is 15.4. The van der Waals surface area contributed by atoms with E-state index >= 15 is 0 Å². The molecular weight excluding hydrogens is 361 g/mol. The monoisotopic (exact) mass is 371 g/mol. The van der Waals surface area contributed by atoms with Gasteiger partial charge in [0, 0.05) is 23.1 Å². The number of carbonyl (C=O) groups is 1. The fourth-order valence-corrected chi connectivity index (χ4v) is 2.56. The Morgan fingerprint density at radius 1 is 1.15 bits per heavy atom. The average Bonchev–Trinajstić information content (AvgIpc) is 2.40. The second kappa shape index (κ2) is 6.61. The Morgan fingerprint density at radius 3 is 2.40 bits per heavy atom. The third-order valence-electron chi connectivity index (χ3n) is 2.84. The number of amides is 1. The third-order valence-corrected chi connectivity index (χ3v) is 3.92. The van der Waals surface area contributed by atoms with Gasteiger partial charge < -0.3 is 4.90 Å². The molecule has 0 bridgehead atoms. The Balaban J connectivity index is 2.14. The second-order valence-electron chi connectivity index (χ2n) is 4.41. The lowest BCUT2D eigenvalue weighted by molar-refractivity contribution is 0.0785. The molecule has 2 aromatic carbocycles. The maximum Gasteiger partial charge on any atom is 0.255 e. The molecule has 2 aromatic rings. The Kier molecular flexibility index (Phi) is 5.08. The summed E-state index contributed by atoms with van der Waals surface area (Å²) in [5.41, 5.74) is 1.50. The van der Waals surface area contributed by atoms with E-state index in [1.54, 1.807) is 30.1 Å². The summed E-state index contributed by atoms with van der Waals surface area (Å²) in [6.07, 6.45) is 0. The summed E-state index contributed by atoms with van der Waals surface area (Å²) in [5.74, 6) is -0.130. The van der Waals surface area contributed by atoms with Gasteiger partial charge in [-0.15, -0.1) is 0 Å². The van der Waals surface area contributed by atoms with E-state index in [1.165, 1.54) is 0 Å². The summed E-state index contributed by atoms with van der Waals surface area (Å²) in [5, 5.41) is 0.882. The molecule has 0 fully saturated rings. The molecule has 1 amide bonds. The Bertz CT molecular complexity index is 628. The van der Waals surface area contributed by atoms with Crippen LogP contribution in [0.3, 0.4) is 0 Å². The number of benzene rings is 2. The fraction of sp³-hybridized carbons (Fsp3) is 0.133. The molecule has 0 aliphatic carbocycles. The quantitative estimate of drug-likeness (QED) is 0.739. The van der Waals surface area contributed by atoms with Gasteiger partial charge in [0.2, 0.25) is 0 Å². The van der Waals surface area contributed by atoms with Gasteiger partial charge in [-0.25, -0.2) is 0 Å². The maximum absolute atomic E-state index is 12.3. The van der Waals surface area contributed by atoms with E-state index in [2.05, 4.69) is 15.9 Å². The zero-order valence-corrected chi connectivity index (χ0v) is 13.8. The van der Waals surface area contributed by atoms with E-state index in [-0.39, 0.29) is 5.91 Å². The molecule has 0 aliphatic heterocycles. The van der Waals surface area contributed by atoms with Crippen molar-refractivity contribution in [3.8, 4) is 0 Å². The molecule has 0 atom stereocenters. The van der Waals surface area contributed by atoms with E-state index in [4.69, 9.17) is 23.2 Å². The molecule has 0 N–H and O–H groups in total. The van der Waals surface area contributed by atoms with Gasteiger partial charge in [-0.3, -0.25) is 4.79 Å². The molecule has 0 aliphatic rings. The molecular formula is C15H12BrCl2NO. The lowest BCUT2D eigenvalue weighted by Gasteiger charge is -2.18. The molecule has 2 rings (SSSR count). The van der Waals surface area contributed by atoms with Gasteiger partial charge in [-0.1, -0.05) is 51.3 Å². The van der Waals surface area contributed by atoms with Crippen molar-refractivity contribution in [3.63, 3.8) is 0 Å². The van der Waals surface area contributed by atoms with Crippen LogP contribution < -0.4 is 0 Å². The highest BCUT2D eigenvalue weighted by atomic mass is 79.9. The predicted molar refractivity (Wildman–Crippen MR) is 86.4 cm³/mol. The molecule has 0 unspecified atom stereocenters. The summed E-state index contributed by atoms with van der Waals surface area (Å²) >= 11 is 15.3. The zero-order chi connectivity index (χ0) is 14.7. The minimum atomic E-state index is -0.130. The predicted octanol–water partition coefficient (Wildman–Crippen LogP) is 5.03. The van der Waals surface area contributed by atoms with Crippen LogP contribution in [0, 0.1) is 0 Å². The molecule has 2 nitrogen and oxygen atoms in total. The van der Waals surface area contributed by atoms with Crippen LogP contribution in [0.15, 0.2) is 46.9 Å². The van der Waals surface area contributed by atoms with Crippen LogP contribution in [0.25, 0.3) is 0 Å². The highest BCUT2D eigenvalue weighted by Crippen LogP contribution is 2.22. The smallest absolute Gasteiger partial charge is 0.255 e. The molecule has 0 saturated carbocycles. The van der Waals surface area contributed by atoms with Crippen molar-refractivity contribution in [1.82, 2.24) is 4.90 Å². The topological polar surface area (TPSA) is 20.3 Å². The van der Waals surface area contributed by atoms with Crippen molar-refractivity contribution in [3.05, 3.63) is 68.1 Å². The minimum Gasteiger partial charge on any atom is -0.337 e. The van der Waals surface area contributed by atoms with E-state index < -0.39 is 0 Å². The van der Waals surface area contributed by atoms with Crippen LogP contribution in [-0.4, -0.2) is 17.9 Å². The summed E-state index contributed by atoms with van der Waals surface area (Å²) in [7, 11) is 1.75. The Hall–Kier alpha value is -1.03. The van der Waals surface area contributed by atoms with E-state index in [1.807, 2.05) is 24.3 Å². The van der Waals surface area contributed by atoms with Gasteiger partial charge >= 0.3 is 0 Å². The summed E-state index contributed by atoms with van der Waals surface area (Å²) < 4.78 is 1.01. The third kappa shape index (κ3) is 3.75. The van der Waals surface area contributed by atoms with Crippen molar-refractivity contribution in [1.29, 1.82) is 0 Å². The van der Waals surface area contributed by atoms with Crippen molar-refractivity contribution < 1.29 is 4.79 Å². The van der Waals surface area contributed by atoms with Crippen LogP contribution in [0.1, 0.15) is 15.9 Å². The maximum atomic E-state index is 12.3. The lowest BCUT2D eigenvalue weighted by atomic mass is 10.1. The lowest BCUT2D eigenvalue weighted by Crippen LogP contribution is -2.26. The zero-order valence-electron chi connectivity index (χ0n) is 10.7. The van der Waals surface area contributed by atoms with Gasteiger partial charge in [0.05, 0.1) is 10.6 Å². The second-order valence-corrected chi connectivity index (χ2v) is 6.17. The van der Waals surface area contributed by atoms with Gasteiger partial charge in [0.25, 0.3) is 5.91 Å². The van der Waals surface area contributed by atoms with Crippen molar-refractivity contribution in [2.45, 2.75) is 6.54 Å². The number of nitrogens with zero attached hydrogens (tertiary/aromatic N) is 1. The van der Waals surface area contributed by atoms with Gasteiger partial charge in [0.1, 0.15) is 0 Å². The van der Waals surface area contributed by atoms with Crippen LogP contribution in [-0.2, 0) is 6.54 Å². The largest absolute Gasteiger partial charge is 0.337 e. The summed E-state index contributed by atoms with van der Waals surface area (Å²) in [4.78, 5) is 14.0. The Morgan fingerprint density at radius 2 is 1.80 bits per heavy atom. The summed E-state index contributed by atoms with van der Waals surface area (Å²) in [6.45, 7) is 0.519. The van der Waals surface area contributed by atoms with E-state index in [0.717, 1.165) is 10.0 Å². The summed E-state index contributed by atoms with van der Waals surface area (Å²) in [6, 6.07) is 12.7. The number of hydrogen-bond donors (Lipinski definition) is 0. The van der Waals surface area contributed by atoms with Gasteiger partial charge in [-0.05, 0) is 35.9 Å². The van der Waals surface area contributed by atoms with Gasteiger partial charge in [-0.2, -0.15) is 0 Å². The first-order chi connectivity index (χ1) is 9.47. The molecule has 0 radical (unpaired) electrons. The van der Waals surface area contributed by atoms with Crippen LogP contribution >= 0.6 is 39.1 Å². The number of rotatable bonds is 3. The van der Waals surface area contributed by atoms with E-state index in [9.17, 15) is 4.79 Å². The van der Waals surface area contributed by atoms with Gasteiger partial charge in [0.15, 0.2) is 0 Å². The molecule has 20 heavy (non-hydrogen) atoms. The standard InChI is InChI=1S/C15H12BrCl2NO/c1-19(9-10-2-4-11(16)5-3-10)15(20)13-7-6-12(17)8-14(13)18/h2-8H,9H2,1H3. The molecule has 104 valence electrons. The van der Waals surface area contributed by atoms with Crippen molar-refractivity contribution >= 4 is 45.0 Å². The van der Waals surface area contributed by atoms with Crippen molar-refractivity contribution in [2.24, 2.45) is 0 Å². The highest BCUT2D eigenvalue weighted by molar-refractivity contribution is 9.10. The minimum absolute atomic E-state index is 0.130. The number of hydrogen-bond acceptors (Lipinski definition) is 1.